The molecule has 2 nitrogen and oxygen atoms in total. The minimum atomic E-state index is -0.591. The molecule has 0 aromatic heterocycles. The van der Waals surface area contributed by atoms with Crippen molar-refractivity contribution in [2.75, 3.05) is 0 Å². The summed E-state index contributed by atoms with van der Waals surface area (Å²) >= 11 is 0. The van der Waals surface area contributed by atoms with E-state index in [-0.39, 0.29) is 5.78 Å². The Bertz CT molecular complexity index is 473. The van der Waals surface area contributed by atoms with Crippen LogP contribution in [0.1, 0.15) is 75.3 Å². The lowest BCUT2D eigenvalue weighted by atomic mass is 9.90. The van der Waals surface area contributed by atoms with Crippen LogP contribution in [0.25, 0.3) is 0 Å². The molecule has 0 aliphatic heterocycles. The van der Waals surface area contributed by atoms with Crippen LogP contribution in [0.5, 0.6) is 0 Å². The molecule has 21 heavy (non-hydrogen) atoms. The van der Waals surface area contributed by atoms with Crippen molar-refractivity contribution < 1.29 is 4.79 Å². The molecule has 1 aromatic carbocycles. The number of carbonyl (C=O) groups is 1. The molecule has 0 heterocycles. The van der Waals surface area contributed by atoms with Gasteiger partial charge < -0.3 is 0 Å². The minimum absolute atomic E-state index is 0.0698. The van der Waals surface area contributed by atoms with Crippen LogP contribution >= 0.6 is 0 Å². The van der Waals surface area contributed by atoms with Gasteiger partial charge in [-0.05, 0) is 24.5 Å². The van der Waals surface area contributed by atoms with E-state index in [9.17, 15) is 10.1 Å². The Labute approximate surface area is 129 Å². The highest BCUT2D eigenvalue weighted by atomic mass is 16.1. The Morgan fingerprint density at radius 3 is 2.33 bits per heavy atom. The predicted octanol–water partition coefficient (Wildman–Crippen LogP) is 5.31. The number of hydrogen-bond donors (Lipinski definition) is 0. The van der Waals surface area contributed by atoms with Gasteiger partial charge in [0.2, 0.25) is 0 Å². The molecule has 1 aromatic rings. The molecule has 0 N–H and O–H groups in total. The van der Waals surface area contributed by atoms with Crippen molar-refractivity contribution in [1.82, 2.24) is 0 Å². The third-order valence-electron chi connectivity index (χ3n) is 3.98. The van der Waals surface area contributed by atoms with E-state index in [0.717, 1.165) is 24.0 Å². The molecule has 0 aliphatic rings. The summed E-state index contributed by atoms with van der Waals surface area (Å²) in [6.45, 7) is 4.17. The minimum Gasteiger partial charge on any atom is -0.298 e. The van der Waals surface area contributed by atoms with Crippen LogP contribution in [0.15, 0.2) is 24.3 Å². The molecule has 0 aliphatic carbocycles. The van der Waals surface area contributed by atoms with Gasteiger partial charge in [0.25, 0.3) is 0 Å². The van der Waals surface area contributed by atoms with E-state index in [0.29, 0.717) is 6.42 Å². The van der Waals surface area contributed by atoms with Crippen molar-refractivity contribution in [3.63, 3.8) is 0 Å². The molecule has 1 unspecified atom stereocenters. The van der Waals surface area contributed by atoms with Crippen LogP contribution in [-0.4, -0.2) is 5.78 Å². The summed E-state index contributed by atoms with van der Waals surface area (Å²) < 4.78 is 0. The average molecular weight is 285 g/mol. The fourth-order valence-electron chi connectivity index (χ4n) is 2.63. The van der Waals surface area contributed by atoms with E-state index in [4.69, 9.17) is 0 Å². The second kappa shape index (κ2) is 10.2. The fraction of sp³-hybridized carbons (Fsp3) is 0.579. The van der Waals surface area contributed by atoms with Crippen molar-refractivity contribution in [1.29, 1.82) is 5.26 Å². The van der Waals surface area contributed by atoms with Gasteiger partial charge in [0.1, 0.15) is 5.92 Å². The normalized spacial score (nSPS) is 11.9. The molecule has 0 bridgehead atoms. The summed E-state index contributed by atoms with van der Waals surface area (Å²) in [6.07, 6.45) is 8.88. The largest absolute Gasteiger partial charge is 0.298 e. The molecule has 0 saturated carbocycles. The van der Waals surface area contributed by atoms with E-state index in [1.54, 1.807) is 0 Å². The summed E-state index contributed by atoms with van der Waals surface area (Å²) in [5, 5.41) is 9.30. The van der Waals surface area contributed by atoms with Gasteiger partial charge in [0.05, 0.1) is 6.07 Å². The SMILES string of the molecule is CCCCCCCCCC(=O)C(C#N)c1ccccc1C. The number of aryl methyl sites for hydroxylation is 1. The fourth-order valence-corrected chi connectivity index (χ4v) is 2.63. The summed E-state index contributed by atoms with van der Waals surface area (Å²) in [5.41, 5.74) is 1.89. The number of carbonyl (C=O) groups excluding carboxylic acids is 1. The van der Waals surface area contributed by atoms with Gasteiger partial charge >= 0.3 is 0 Å². The first-order valence-electron chi connectivity index (χ1n) is 8.18. The Morgan fingerprint density at radius 2 is 1.71 bits per heavy atom. The number of unbranched alkanes of at least 4 members (excludes halogenated alkanes) is 6. The van der Waals surface area contributed by atoms with Gasteiger partial charge in [-0.2, -0.15) is 5.26 Å². The van der Waals surface area contributed by atoms with Crippen LogP contribution in [0.2, 0.25) is 0 Å². The van der Waals surface area contributed by atoms with Gasteiger partial charge in [-0.3, -0.25) is 4.79 Å². The van der Waals surface area contributed by atoms with Gasteiger partial charge in [0, 0.05) is 6.42 Å². The zero-order chi connectivity index (χ0) is 15.5. The zero-order valence-corrected chi connectivity index (χ0v) is 13.4. The first-order chi connectivity index (χ1) is 10.2. The van der Waals surface area contributed by atoms with Crippen molar-refractivity contribution in [2.24, 2.45) is 0 Å². The number of hydrogen-bond acceptors (Lipinski definition) is 2. The Morgan fingerprint density at radius 1 is 1.10 bits per heavy atom. The Balaban J connectivity index is 2.37. The van der Waals surface area contributed by atoms with Gasteiger partial charge in [-0.15, -0.1) is 0 Å². The smallest absolute Gasteiger partial charge is 0.154 e. The topological polar surface area (TPSA) is 40.9 Å². The highest BCUT2D eigenvalue weighted by molar-refractivity contribution is 5.88. The molecule has 1 rings (SSSR count). The van der Waals surface area contributed by atoms with Gasteiger partial charge in [0.15, 0.2) is 5.78 Å². The van der Waals surface area contributed by atoms with Crippen LogP contribution in [-0.2, 0) is 4.79 Å². The van der Waals surface area contributed by atoms with E-state index >= 15 is 0 Å². The van der Waals surface area contributed by atoms with Crippen LogP contribution in [0, 0.1) is 18.3 Å². The Hall–Kier alpha value is -1.62. The summed E-state index contributed by atoms with van der Waals surface area (Å²) in [5.74, 6) is -0.522. The molecule has 0 amide bonds. The highest BCUT2D eigenvalue weighted by Crippen LogP contribution is 2.22. The second-order valence-electron chi connectivity index (χ2n) is 5.76. The van der Waals surface area contributed by atoms with Crippen LogP contribution in [0.4, 0.5) is 0 Å². The number of nitriles is 1. The number of Topliss-reactive ketones (excluding diaryl/α,β-unsaturated/α-hetero) is 1. The lowest BCUT2D eigenvalue weighted by Gasteiger charge is -2.11. The standard InChI is InChI=1S/C19H27NO/c1-3-4-5-6-7-8-9-14-19(21)18(15-20)17-13-11-10-12-16(17)2/h10-13,18H,3-9,14H2,1-2H3. The second-order valence-corrected chi connectivity index (χ2v) is 5.76. The lowest BCUT2D eigenvalue weighted by Crippen LogP contribution is -2.11. The maximum absolute atomic E-state index is 12.2. The van der Waals surface area contributed by atoms with E-state index in [2.05, 4.69) is 13.0 Å². The predicted molar refractivity (Wildman–Crippen MR) is 87.2 cm³/mol. The van der Waals surface area contributed by atoms with E-state index < -0.39 is 5.92 Å². The van der Waals surface area contributed by atoms with Crippen molar-refractivity contribution in [3.8, 4) is 6.07 Å². The molecular weight excluding hydrogens is 258 g/mol. The summed E-state index contributed by atoms with van der Waals surface area (Å²) in [4.78, 5) is 12.2. The maximum atomic E-state index is 12.2. The summed E-state index contributed by atoms with van der Waals surface area (Å²) in [6, 6.07) is 9.87. The highest BCUT2D eigenvalue weighted by Gasteiger charge is 2.20. The molecule has 0 spiro atoms. The third kappa shape index (κ3) is 6.12. The number of rotatable bonds is 10. The van der Waals surface area contributed by atoms with Crippen LogP contribution < -0.4 is 0 Å². The molecule has 0 saturated heterocycles. The molecule has 1 atom stereocenters. The number of ketones is 1. The van der Waals surface area contributed by atoms with Crippen molar-refractivity contribution in [2.45, 2.75) is 71.1 Å². The molecule has 0 radical (unpaired) electrons. The summed E-state index contributed by atoms with van der Waals surface area (Å²) in [7, 11) is 0. The van der Waals surface area contributed by atoms with Crippen molar-refractivity contribution in [3.05, 3.63) is 35.4 Å². The third-order valence-corrected chi connectivity index (χ3v) is 3.98. The van der Waals surface area contributed by atoms with Gasteiger partial charge in [-0.1, -0.05) is 69.7 Å². The van der Waals surface area contributed by atoms with Crippen molar-refractivity contribution >= 4 is 5.78 Å². The quantitative estimate of drug-likeness (QED) is 0.546. The average Bonchev–Trinajstić information content (AvgIpc) is 2.49. The number of benzene rings is 1. The molecule has 114 valence electrons. The first-order valence-corrected chi connectivity index (χ1v) is 8.18. The van der Waals surface area contributed by atoms with Crippen LogP contribution in [0.3, 0.4) is 0 Å². The van der Waals surface area contributed by atoms with Gasteiger partial charge in [-0.25, -0.2) is 0 Å². The number of nitrogens with zero attached hydrogens (tertiary/aromatic N) is 1. The Kier molecular flexibility index (Phi) is 8.43. The van der Waals surface area contributed by atoms with E-state index in [1.807, 2.05) is 31.2 Å². The maximum Gasteiger partial charge on any atom is 0.154 e. The van der Waals surface area contributed by atoms with E-state index in [1.165, 1.54) is 32.1 Å². The molecular formula is C19H27NO. The molecule has 2 heteroatoms. The molecule has 0 fully saturated rings. The monoisotopic (exact) mass is 285 g/mol. The first kappa shape index (κ1) is 17.4. The lowest BCUT2D eigenvalue weighted by molar-refractivity contribution is -0.119. The zero-order valence-electron chi connectivity index (χ0n) is 13.4.